The fourth-order valence-electron chi connectivity index (χ4n) is 3.18. The fourth-order valence-corrected chi connectivity index (χ4v) is 4.61. The highest BCUT2D eigenvalue weighted by Gasteiger charge is 2.35. The van der Waals surface area contributed by atoms with E-state index in [1.807, 2.05) is 60.7 Å². The van der Waals surface area contributed by atoms with E-state index in [2.05, 4.69) is 5.32 Å². The SMILES string of the molecule is O=C(NCc1ccccc1)C1CCCCN1S(=O)(=O)/C=C/c1ccccc1. The number of rotatable bonds is 6. The van der Waals surface area contributed by atoms with Gasteiger partial charge in [-0.3, -0.25) is 4.79 Å². The van der Waals surface area contributed by atoms with Crippen LogP contribution in [0.2, 0.25) is 0 Å². The van der Waals surface area contributed by atoms with Gasteiger partial charge in [-0.15, -0.1) is 0 Å². The van der Waals surface area contributed by atoms with Gasteiger partial charge in [0.25, 0.3) is 0 Å². The molecule has 1 aliphatic heterocycles. The van der Waals surface area contributed by atoms with Crippen LogP contribution < -0.4 is 5.32 Å². The molecule has 1 atom stereocenters. The van der Waals surface area contributed by atoms with E-state index in [9.17, 15) is 13.2 Å². The van der Waals surface area contributed by atoms with E-state index < -0.39 is 16.1 Å². The number of carbonyl (C=O) groups is 1. The molecule has 1 fully saturated rings. The quantitative estimate of drug-likeness (QED) is 0.832. The number of nitrogens with zero attached hydrogens (tertiary/aromatic N) is 1. The van der Waals surface area contributed by atoms with Gasteiger partial charge in [-0.1, -0.05) is 67.1 Å². The van der Waals surface area contributed by atoms with Gasteiger partial charge in [0.2, 0.25) is 15.9 Å². The highest BCUT2D eigenvalue weighted by molar-refractivity contribution is 7.92. The summed E-state index contributed by atoms with van der Waals surface area (Å²) in [6.45, 7) is 0.759. The fraction of sp³-hybridized carbons (Fsp3) is 0.286. The monoisotopic (exact) mass is 384 g/mol. The van der Waals surface area contributed by atoms with Gasteiger partial charge in [0.1, 0.15) is 6.04 Å². The minimum atomic E-state index is -3.67. The van der Waals surface area contributed by atoms with Gasteiger partial charge in [0.15, 0.2) is 0 Å². The zero-order valence-corrected chi connectivity index (χ0v) is 15.9. The number of nitrogens with one attached hydrogen (secondary N) is 1. The molecule has 3 rings (SSSR count). The summed E-state index contributed by atoms with van der Waals surface area (Å²) in [7, 11) is -3.67. The summed E-state index contributed by atoms with van der Waals surface area (Å²) in [5.74, 6) is -0.241. The Morgan fingerprint density at radius 1 is 1.04 bits per heavy atom. The first kappa shape index (κ1) is 19.3. The van der Waals surface area contributed by atoms with Crippen LogP contribution in [0.3, 0.4) is 0 Å². The molecule has 2 aromatic rings. The molecule has 142 valence electrons. The largest absolute Gasteiger partial charge is 0.351 e. The van der Waals surface area contributed by atoms with Crippen LogP contribution >= 0.6 is 0 Å². The minimum absolute atomic E-state index is 0.241. The third-order valence-corrected chi connectivity index (χ3v) is 6.20. The van der Waals surface area contributed by atoms with Gasteiger partial charge < -0.3 is 5.32 Å². The number of sulfonamides is 1. The van der Waals surface area contributed by atoms with Crippen molar-refractivity contribution in [2.24, 2.45) is 0 Å². The smallest absolute Gasteiger partial charge is 0.238 e. The average molecular weight is 385 g/mol. The van der Waals surface area contributed by atoms with Crippen molar-refractivity contribution in [2.75, 3.05) is 6.54 Å². The molecule has 1 N–H and O–H groups in total. The molecule has 0 radical (unpaired) electrons. The third kappa shape index (κ3) is 5.28. The number of benzene rings is 2. The Bertz CT molecular complexity index is 880. The highest BCUT2D eigenvalue weighted by Crippen LogP contribution is 2.22. The van der Waals surface area contributed by atoms with Crippen molar-refractivity contribution in [3.8, 4) is 0 Å². The Morgan fingerprint density at radius 2 is 1.70 bits per heavy atom. The van der Waals surface area contributed by atoms with Crippen LogP contribution in [0.25, 0.3) is 6.08 Å². The van der Waals surface area contributed by atoms with Crippen LogP contribution in [0.1, 0.15) is 30.4 Å². The molecule has 1 unspecified atom stereocenters. The molecule has 1 aliphatic rings. The lowest BCUT2D eigenvalue weighted by atomic mass is 10.0. The standard InChI is InChI=1S/C21H24N2O3S/c24-21(22-17-19-11-5-2-6-12-19)20-13-7-8-15-23(20)27(25,26)16-14-18-9-3-1-4-10-18/h1-6,9-12,14,16,20H,7-8,13,15,17H2,(H,22,24)/b16-14+. The molecule has 1 saturated heterocycles. The van der Waals surface area contributed by atoms with Crippen molar-refractivity contribution in [1.82, 2.24) is 9.62 Å². The Hall–Kier alpha value is -2.44. The van der Waals surface area contributed by atoms with Crippen molar-refractivity contribution in [3.05, 3.63) is 77.2 Å². The summed E-state index contributed by atoms with van der Waals surface area (Å²) in [5, 5.41) is 4.07. The van der Waals surface area contributed by atoms with E-state index in [-0.39, 0.29) is 5.91 Å². The maximum absolute atomic E-state index is 12.8. The van der Waals surface area contributed by atoms with E-state index in [0.717, 1.165) is 24.0 Å². The molecular formula is C21H24N2O3S. The van der Waals surface area contributed by atoms with E-state index >= 15 is 0 Å². The van der Waals surface area contributed by atoms with Gasteiger partial charge in [-0.2, -0.15) is 4.31 Å². The second-order valence-corrected chi connectivity index (χ2v) is 8.36. The van der Waals surface area contributed by atoms with Gasteiger partial charge in [0.05, 0.1) is 0 Å². The van der Waals surface area contributed by atoms with E-state index in [1.54, 1.807) is 6.08 Å². The number of amides is 1. The topological polar surface area (TPSA) is 66.5 Å². The maximum Gasteiger partial charge on any atom is 0.238 e. The predicted molar refractivity (Wildman–Crippen MR) is 107 cm³/mol. The number of hydrogen-bond donors (Lipinski definition) is 1. The number of carbonyl (C=O) groups excluding carboxylic acids is 1. The molecule has 0 saturated carbocycles. The van der Waals surface area contributed by atoms with Crippen molar-refractivity contribution >= 4 is 22.0 Å². The maximum atomic E-state index is 12.8. The molecule has 5 nitrogen and oxygen atoms in total. The molecular weight excluding hydrogens is 360 g/mol. The second-order valence-electron chi connectivity index (χ2n) is 6.58. The van der Waals surface area contributed by atoms with Crippen molar-refractivity contribution in [1.29, 1.82) is 0 Å². The first-order chi connectivity index (χ1) is 13.1. The summed E-state index contributed by atoms with van der Waals surface area (Å²) >= 11 is 0. The first-order valence-corrected chi connectivity index (χ1v) is 10.6. The number of piperidine rings is 1. The molecule has 0 bridgehead atoms. The molecule has 2 aromatic carbocycles. The summed E-state index contributed by atoms with van der Waals surface area (Å²) in [4.78, 5) is 12.7. The van der Waals surface area contributed by atoms with Crippen LogP contribution in [0, 0.1) is 0 Å². The molecule has 0 aromatic heterocycles. The Morgan fingerprint density at radius 3 is 2.41 bits per heavy atom. The molecule has 0 spiro atoms. The van der Waals surface area contributed by atoms with E-state index in [0.29, 0.717) is 19.5 Å². The van der Waals surface area contributed by atoms with Crippen molar-refractivity contribution < 1.29 is 13.2 Å². The lowest BCUT2D eigenvalue weighted by molar-refractivity contribution is -0.125. The van der Waals surface area contributed by atoms with Crippen molar-refractivity contribution in [2.45, 2.75) is 31.8 Å². The van der Waals surface area contributed by atoms with Crippen LogP contribution in [0.5, 0.6) is 0 Å². The van der Waals surface area contributed by atoms with Gasteiger partial charge in [-0.05, 0) is 30.0 Å². The second kappa shape index (κ2) is 8.97. The van der Waals surface area contributed by atoms with Gasteiger partial charge in [0, 0.05) is 18.5 Å². The van der Waals surface area contributed by atoms with Gasteiger partial charge in [-0.25, -0.2) is 8.42 Å². The minimum Gasteiger partial charge on any atom is -0.351 e. The van der Waals surface area contributed by atoms with Crippen molar-refractivity contribution in [3.63, 3.8) is 0 Å². The molecule has 27 heavy (non-hydrogen) atoms. The molecule has 0 aliphatic carbocycles. The highest BCUT2D eigenvalue weighted by atomic mass is 32.2. The lowest BCUT2D eigenvalue weighted by Crippen LogP contribution is -2.51. The molecule has 1 amide bonds. The lowest BCUT2D eigenvalue weighted by Gasteiger charge is -2.32. The zero-order valence-electron chi connectivity index (χ0n) is 15.1. The van der Waals surface area contributed by atoms with E-state index in [4.69, 9.17) is 0 Å². The predicted octanol–water partition coefficient (Wildman–Crippen LogP) is 3.16. The zero-order chi connectivity index (χ0) is 19.1. The number of hydrogen-bond acceptors (Lipinski definition) is 3. The van der Waals surface area contributed by atoms with Crippen LogP contribution in [-0.4, -0.2) is 31.2 Å². The summed E-state index contributed by atoms with van der Waals surface area (Å²) in [6, 6.07) is 18.2. The Kier molecular flexibility index (Phi) is 6.42. The Labute approximate surface area is 160 Å². The van der Waals surface area contributed by atoms with Crippen LogP contribution in [0.15, 0.2) is 66.1 Å². The van der Waals surface area contributed by atoms with Gasteiger partial charge >= 0.3 is 0 Å². The normalized spacial score (nSPS) is 18.4. The molecule has 1 heterocycles. The Balaban J connectivity index is 1.70. The summed E-state index contributed by atoms with van der Waals surface area (Å²) in [5.41, 5.74) is 1.79. The van der Waals surface area contributed by atoms with Crippen LogP contribution in [-0.2, 0) is 21.4 Å². The summed E-state index contributed by atoms with van der Waals surface area (Å²) in [6.07, 6.45) is 3.72. The first-order valence-electron chi connectivity index (χ1n) is 9.13. The van der Waals surface area contributed by atoms with Crippen LogP contribution in [0.4, 0.5) is 0 Å². The third-order valence-electron chi connectivity index (χ3n) is 4.62. The summed E-state index contributed by atoms with van der Waals surface area (Å²) < 4.78 is 26.9. The average Bonchev–Trinajstić information content (AvgIpc) is 2.72. The molecule has 6 heteroatoms. The van der Waals surface area contributed by atoms with E-state index in [1.165, 1.54) is 9.71 Å².